The van der Waals surface area contributed by atoms with Crippen molar-refractivity contribution in [2.45, 2.75) is 6.92 Å². The van der Waals surface area contributed by atoms with Gasteiger partial charge in [0.1, 0.15) is 0 Å². The fraction of sp³-hybridized carbons (Fsp3) is 0.0714. The van der Waals surface area contributed by atoms with Crippen LogP contribution in [0.1, 0.15) is 17.3 Å². The molecular weight excluding hydrogens is 358 g/mol. The van der Waals surface area contributed by atoms with Crippen LogP contribution in [0.2, 0.25) is 0 Å². The van der Waals surface area contributed by atoms with E-state index < -0.39 is 0 Å². The molecule has 2 N–H and O–H groups in total. The molecule has 0 saturated heterocycles. The van der Waals surface area contributed by atoms with E-state index in [-0.39, 0.29) is 5.78 Å². The molecule has 0 atom stereocenters. The normalized spacial score (nSPS) is 10.4. The SMILES string of the molecule is CC(=O)c1ccc(-c2ccc(Br)cc2Br)c(N)c1. The molecular formula is C14H11Br2NO. The van der Waals surface area contributed by atoms with E-state index in [0.717, 1.165) is 20.1 Å². The summed E-state index contributed by atoms with van der Waals surface area (Å²) in [6, 6.07) is 11.3. The molecule has 18 heavy (non-hydrogen) atoms. The second-order valence-electron chi connectivity index (χ2n) is 3.98. The molecule has 2 aromatic carbocycles. The standard InChI is InChI=1S/C14H11Br2NO/c1-8(18)9-2-4-12(14(17)6-9)11-5-3-10(15)7-13(11)16/h2-7H,17H2,1H3. The molecule has 0 radical (unpaired) electrons. The van der Waals surface area contributed by atoms with Gasteiger partial charge in [0.15, 0.2) is 5.78 Å². The van der Waals surface area contributed by atoms with E-state index in [4.69, 9.17) is 5.73 Å². The van der Waals surface area contributed by atoms with E-state index in [9.17, 15) is 4.79 Å². The molecule has 0 aliphatic rings. The minimum absolute atomic E-state index is 0.0168. The number of nitrogens with two attached hydrogens (primary N) is 1. The van der Waals surface area contributed by atoms with E-state index in [1.807, 2.05) is 24.3 Å². The predicted octanol–water partition coefficient (Wildman–Crippen LogP) is 4.66. The lowest BCUT2D eigenvalue weighted by molar-refractivity contribution is 0.101. The second kappa shape index (κ2) is 5.24. The molecule has 0 aliphatic carbocycles. The van der Waals surface area contributed by atoms with Crippen molar-refractivity contribution in [1.29, 1.82) is 0 Å². The van der Waals surface area contributed by atoms with Crippen LogP contribution in [0.5, 0.6) is 0 Å². The van der Waals surface area contributed by atoms with Gasteiger partial charge in [0.05, 0.1) is 0 Å². The van der Waals surface area contributed by atoms with Crippen LogP contribution >= 0.6 is 31.9 Å². The third-order valence-electron chi connectivity index (χ3n) is 2.68. The zero-order chi connectivity index (χ0) is 13.3. The van der Waals surface area contributed by atoms with Crippen LogP contribution < -0.4 is 5.73 Å². The summed E-state index contributed by atoms with van der Waals surface area (Å²) in [5, 5.41) is 0. The van der Waals surface area contributed by atoms with Gasteiger partial charge in [-0.3, -0.25) is 4.79 Å². The predicted molar refractivity (Wildman–Crippen MR) is 81.7 cm³/mol. The number of ketones is 1. The van der Waals surface area contributed by atoms with Crippen LogP contribution in [0.3, 0.4) is 0 Å². The van der Waals surface area contributed by atoms with Crippen LogP contribution in [0.15, 0.2) is 45.3 Å². The van der Waals surface area contributed by atoms with Crippen LogP contribution in [0.4, 0.5) is 5.69 Å². The molecule has 0 spiro atoms. The molecule has 4 heteroatoms. The van der Waals surface area contributed by atoms with Crippen LogP contribution in [-0.4, -0.2) is 5.78 Å². The summed E-state index contributed by atoms with van der Waals surface area (Å²) < 4.78 is 1.95. The van der Waals surface area contributed by atoms with Crippen molar-refractivity contribution < 1.29 is 4.79 Å². The van der Waals surface area contributed by atoms with Crippen molar-refractivity contribution in [3.05, 3.63) is 50.9 Å². The van der Waals surface area contributed by atoms with Crippen molar-refractivity contribution in [3.8, 4) is 11.1 Å². The highest BCUT2D eigenvalue weighted by molar-refractivity contribution is 9.11. The molecule has 0 heterocycles. The van der Waals surface area contributed by atoms with Gasteiger partial charge in [-0.1, -0.05) is 50.1 Å². The third kappa shape index (κ3) is 2.65. The highest BCUT2D eigenvalue weighted by atomic mass is 79.9. The molecule has 2 rings (SSSR count). The molecule has 2 nitrogen and oxygen atoms in total. The lowest BCUT2D eigenvalue weighted by Gasteiger charge is -2.09. The summed E-state index contributed by atoms with van der Waals surface area (Å²) in [7, 11) is 0. The van der Waals surface area contributed by atoms with E-state index in [1.165, 1.54) is 6.92 Å². The van der Waals surface area contributed by atoms with Crippen molar-refractivity contribution in [2.75, 3.05) is 5.73 Å². The molecule has 0 amide bonds. The average molecular weight is 369 g/mol. The van der Waals surface area contributed by atoms with E-state index in [2.05, 4.69) is 31.9 Å². The van der Waals surface area contributed by atoms with Gasteiger partial charge >= 0.3 is 0 Å². The smallest absolute Gasteiger partial charge is 0.159 e. The molecule has 92 valence electrons. The van der Waals surface area contributed by atoms with Crippen molar-refractivity contribution in [1.82, 2.24) is 0 Å². The Labute approximate surface area is 122 Å². The Kier molecular flexibility index (Phi) is 3.88. The first-order chi connectivity index (χ1) is 8.49. The van der Waals surface area contributed by atoms with Crippen LogP contribution in [0.25, 0.3) is 11.1 Å². The number of carbonyl (C=O) groups is 1. The van der Waals surface area contributed by atoms with Gasteiger partial charge in [-0.2, -0.15) is 0 Å². The monoisotopic (exact) mass is 367 g/mol. The second-order valence-corrected chi connectivity index (χ2v) is 5.75. The summed E-state index contributed by atoms with van der Waals surface area (Å²) in [6.45, 7) is 1.53. The number of benzene rings is 2. The maximum Gasteiger partial charge on any atom is 0.159 e. The Morgan fingerprint density at radius 3 is 2.28 bits per heavy atom. The number of anilines is 1. The molecule has 0 aromatic heterocycles. The molecule has 0 aliphatic heterocycles. The van der Waals surface area contributed by atoms with E-state index in [0.29, 0.717) is 11.3 Å². The van der Waals surface area contributed by atoms with Gasteiger partial charge in [0.25, 0.3) is 0 Å². The minimum atomic E-state index is 0.0168. The highest BCUT2D eigenvalue weighted by Gasteiger charge is 2.09. The number of Topliss-reactive ketones (excluding diaryl/α,β-unsaturated/α-hetero) is 1. The third-order valence-corrected chi connectivity index (χ3v) is 3.83. The molecule has 2 aromatic rings. The number of hydrogen-bond donors (Lipinski definition) is 1. The zero-order valence-corrected chi connectivity index (χ0v) is 12.9. The van der Waals surface area contributed by atoms with Crippen LogP contribution in [-0.2, 0) is 0 Å². The zero-order valence-electron chi connectivity index (χ0n) is 9.71. The number of hydrogen-bond acceptors (Lipinski definition) is 2. The number of nitrogen functional groups attached to an aromatic ring is 1. The van der Waals surface area contributed by atoms with Gasteiger partial charge in [-0.25, -0.2) is 0 Å². The fourth-order valence-corrected chi connectivity index (χ4v) is 3.00. The van der Waals surface area contributed by atoms with Crippen LogP contribution in [0, 0.1) is 0 Å². The first kappa shape index (κ1) is 13.3. The Morgan fingerprint density at radius 1 is 1.06 bits per heavy atom. The average Bonchev–Trinajstić information content (AvgIpc) is 2.30. The summed E-state index contributed by atoms with van der Waals surface area (Å²) in [5.41, 5.74) is 9.17. The maximum atomic E-state index is 11.3. The lowest BCUT2D eigenvalue weighted by Crippen LogP contribution is -1.97. The summed E-state index contributed by atoms with van der Waals surface area (Å²) in [4.78, 5) is 11.3. The minimum Gasteiger partial charge on any atom is -0.398 e. The molecule has 0 saturated carbocycles. The lowest BCUT2D eigenvalue weighted by atomic mass is 10.0. The summed E-state index contributed by atoms with van der Waals surface area (Å²) in [6.07, 6.45) is 0. The Morgan fingerprint density at radius 2 is 1.72 bits per heavy atom. The topological polar surface area (TPSA) is 43.1 Å². The van der Waals surface area contributed by atoms with Crippen molar-refractivity contribution in [2.24, 2.45) is 0 Å². The number of carbonyl (C=O) groups excluding carboxylic acids is 1. The maximum absolute atomic E-state index is 11.3. The highest BCUT2D eigenvalue weighted by Crippen LogP contribution is 2.34. The van der Waals surface area contributed by atoms with E-state index >= 15 is 0 Å². The summed E-state index contributed by atoms with van der Waals surface area (Å²) in [5.74, 6) is 0.0168. The summed E-state index contributed by atoms with van der Waals surface area (Å²) >= 11 is 6.93. The fourth-order valence-electron chi connectivity index (χ4n) is 1.73. The molecule has 0 unspecified atom stereocenters. The van der Waals surface area contributed by atoms with Crippen molar-refractivity contribution >= 4 is 43.3 Å². The largest absolute Gasteiger partial charge is 0.398 e. The number of rotatable bonds is 2. The first-order valence-corrected chi connectivity index (χ1v) is 6.93. The Hall–Kier alpha value is -1.13. The first-order valence-electron chi connectivity index (χ1n) is 5.35. The Balaban J connectivity index is 2.54. The van der Waals surface area contributed by atoms with E-state index in [1.54, 1.807) is 12.1 Å². The van der Waals surface area contributed by atoms with Gasteiger partial charge in [-0.15, -0.1) is 0 Å². The van der Waals surface area contributed by atoms with Gasteiger partial charge in [0.2, 0.25) is 0 Å². The van der Waals surface area contributed by atoms with Gasteiger partial charge in [0, 0.05) is 25.8 Å². The van der Waals surface area contributed by atoms with Gasteiger partial charge < -0.3 is 5.73 Å². The quantitative estimate of drug-likeness (QED) is 0.618. The molecule has 0 bridgehead atoms. The van der Waals surface area contributed by atoms with Gasteiger partial charge in [-0.05, 0) is 30.7 Å². The number of halogens is 2. The van der Waals surface area contributed by atoms with Crippen molar-refractivity contribution in [3.63, 3.8) is 0 Å². The molecule has 0 fully saturated rings. The Bertz CT molecular complexity index is 623.